The Kier molecular flexibility index (Phi) is 7.59. The Balaban J connectivity index is 3.15. The molecule has 0 aliphatic rings. The van der Waals surface area contributed by atoms with Crippen molar-refractivity contribution in [2.24, 2.45) is 5.34 Å². The van der Waals surface area contributed by atoms with Gasteiger partial charge in [0.25, 0.3) is 0 Å². The van der Waals surface area contributed by atoms with Gasteiger partial charge in [-0.1, -0.05) is 6.42 Å². The van der Waals surface area contributed by atoms with Gasteiger partial charge in [-0.2, -0.15) is 0 Å². The van der Waals surface area contributed by atoms with Crippen molar-refractivity contribution in [1.29, 1.82) is 0 Å². The number of carbonyl (C=O) groups excluding carboxylic acids is 1. The first-order valence-corrected chi connectivity index (χ1v) is 4.71. The molecule has 0 fully saturated rings. The maximum Gasteiger partial charge on any atom is 0.155 e. The molecule has 0 aliphatic heterocycles. The van der Waals surface area contributed by atoms with Gasteiger partial charge in [-0.3, -0.25) is 4.79 Å². The summed E-state index contributed by atoms with van der Waals surface area (Å²) in [5.74, 6) is 0.00692. The molecule has 0 aromatic carbocycles. The van der Waals surface area contributed by atoms with E-state index in [4.69, 9.17) is 11.6 Å². The minimum Gasteiger partial charge on any atom is -0.364 e. The molecular formula is C8H14ClNO3. The van der Waals surface area contributed by atoms with Crippen molar-refractivity contribution in [1.82, 2.24) is 0 Å². The zero-order chi connectivity index (χ0) is 10.1. The monoisotopic (exact) mass is 207 g/mol. The highest BCUT2D eigenvalue weighted by Gasteiger charge is 2.08. The van der Waals surface area contributed by atoms with Crippen LogP contribution in [-0.2, 0) is 9.63 Å². The molecule has 0 aliphatic carbocycles. The van der Waals surface area contributed by atoms with Gasteiger partial charge in [-0.05, 0) is 26.2 Å². The van der Waals surface area contributed by atoms with Crippen molar-refractivity contribution in [2.75, 3.05) is 6.61 Å². The summed E-state index contributed by atoms with van der Waals surface area (Å²) in [6.07, 6.45) is 3.22. The minimum atomic E-state index is -0.370. The van der Waals surface area contributed by atoms with Crippen LogP contribution in [0.25, 0.3) is 0 Å². The molecule has 1 atom stereocenters. The number of halogens is 1. The number of Topliss-reactive ketones (excluding diaryl/α,β-unsaturated/α-hetero) is 1. The van der Waals surface area contributed by atoms with Crippen molar-refractivity contribution in [3.05, 3.63) is 4.91 Å². The van der Waals surface area contributed by atoms with Crippen LogP contribution >= 0.6 is 11.6 Å². The molecule has 0 aromatic rings. The first-order valence-electron chi connectivity index (χ1n) is 4.27. The fourth-order valence-corrected chi connectivity index (χ4v) is 1.06. The number of alkyl halides is 1. The van der Waals surface area contributed by atoms with Crippen molar-refractivity contribution in [3.63, 3.8) is 0 Å². The van der Waals surface area contributed by atoms with Crippen molar-refractivity contribution >= 4 is 17.4 Å². The topological polar surface area (TPSA) is 55.7 Å². The molecule has 0 amide bonds. The van der Waals surface area contributed by atoms with Gasteiger partial charge >= 0.3 is 0 Å². The predicted octanol–water partition coefficient (Wildman–Crippen LogP) is 2.44. The smallest absolute Gasteiger partial charge is 0.155 e. The zero-order valence-electron chi connectivity index (χ0n) is 7.66. The van der Waals surface area contributed by atoms with E-state index in [1.807, 2.05) is 0 Å². The molecule has 4 nitrogen and oxygen atoms in total. The molecule has 76 valence electrons. The van der Waals surface area contributed by atoms with E-state index in [-0.39, 0.29) is 11.2 Å². The number of carbonyl (C=O) groups is 1. The Morgan fingerprint density at radius 2 is 2.15 bits per heavy atom. The van der Waals surface area contributed by atoms with Crippen LogP contribution < -0.4 is 0 Å². The first kappa shape index (κ1) is 12.4. The van der Waals surface area contributed by atoms with Gasteiger partial charge in [-0.15, -0.1) is 16.5 Å². The van der Waals surface area contributed by atoms with Crippen LogP contribution in [-0.4, -0.2) is 17.8 Å². The number of hydrogen-bond donors (Lipinski definition) is 0. The molecule has 0 spiro atoms. The molecule has 5 heteroatoms. The first-order chi connectivity index (χ1) is 6.18. The summed E-state index contributed by atoms with van der Waals surface area (Å²) in [5, 5.41) is 1.90. The standard InChI is InChI=1S/C8H14ClNO3/c1-7(11)8(9)5-3-2-4-6-13-10-12/h8H,2-6H2,1H3. The largest absolute Gasteiger partial charge is 0.364 e. The number of hydrogen-bond acceptors (Lipinski definition) is 4. The van der Waals surface area contributed by atoms with E-state index in [1.165, 1.54) is 6.92 Å². The molecule has 0 radical (unpaired) electrons. The predicted molar refractivity (Wildman–Crippen MR) is 50.5 cm³/mol. The summed E-state index contributed by atoms with van der Waals surface area (Å²) in [5.41, 5.74) is 0. The van der Waals surface area contributed by atoms with E-state index < -0.39 is 0 Å². The quantitative estimate of drug-likeness (QED) is 0.266. The van der Waals surface area contributed by atoms with E-state index in [9.17, 15) is 9.70 Å². The van der Waals surface area contributed by atoms with E-state index in [2.05, 4.69) is 10.2 Å². The Bertz CT molecular complexity index is 163. The van der Waals surface area contributed by atoms with Crippen LogP contribution in [0.3, 0.4) is 0 Å². The molecule has 1 unspecified atom stereocenters. The third-order valence-corrected chi connectivity index (χ3v) is 2.21. The lowest BCUT2D eigenvalue weighted by Gasteiger charge is -2.03. The molecule has 0 saturated carbocycles. The lowest BCUT2D eigenvalue weighted by molar-refractivity contribution is -0.116. The maximum atomic E-state index is 10.7. The number of unbranched alkanes of at least 4 members (excludes halogenated alkanes) is 2. The lowest BCUT2D eigenvalue weighted by atomic mass is 10.1. The number of nitrogens with zero attached hydrogens (tertiary/aromatic N) is 1. The highest BCUT2D eigenvalue weighted by molar-refractivity contribution is 6.30. The maximum absolute atomic E-state index is 10.7. The molecule has 0 N–H and O–H groups in total. The molecule has 0 aromatic heterocycles. The van der Waals surface area contributed by atoms with Gasteiger partial charge in [0.05, 0.1) is 5.38 Å². The van der Waals surface area contributed by atoms with E-state index in [0.29, 0.717) is 13.0 Å². The van der Waals surface area contributed by atoms with Crippen LogP contribution in [0.2, 0.25) is 0 Å². The van der Waals surface area contributed by atoms with Crippen molar-refractivity contribution < 1.29 is 9.63 Å². The summed E-state index contributed by atoms with van der Waals surface area (Å²) in [7, 11) is 0. The second-order valence-electron chi connectivity index (χ2n) is 2.84. The van der Waals surface area contributed by atoms with Gasteiger partial charge < -0.3 is 4.84 Å². The van der Waals surface area contributed by atoms with Crippen LogP contribution in [0.5, 0.6) is 0 Å². The van der Waals surface area contributed by atoms with Crippen LogP contribution in [0.1, 0.15) is 32.6 Å². The normalized spacial score (nSPS) is 12.2. The second-order valence-corrected chi connectivity index (χ2v) is 3.36. The Morgan fingerprint density at radius 1 is 1.46 bits per heavy atom. The second kappa shape index (κ2) is 7.98. The summed E-state index contributed by atoms with van der Waals surface area (Å²) in [4.78, 5) is 24.5. The summed E-state index contributed by atoms with van der Waals surface area (Å²) in [6.45, 7) is 1.83. The Labute approximate surface area is 82.5 Å². The Hall–Kier alpha value is -0.640. The zero-order valence-corrected chi connectivity index (χ0v) is 8.42. The molecule has 0 saturated heterocycles. The van der Waals surface area contributed by atoms with Gasteiger partial charge in [0.2, 0.25) is 0 Å². The molecular weight excluding hydrogens is 194 g/mol. The third-order valence-electron chi connectivity index (χ3n) is 1.69. The van der Waals surface area contributed by atoms with Crippen LogP contribution in [0.15, 0.2) is 5.34 Å². The highest BCUT2D eigenvalue weighted by atomic mass is 35.5. The van der Waals surface area contributed by atoms with Gasteiger partial charge in [0.15, 0.2) is 5.34 Å². The number of ketones is 1. The Morgan fingerprint density at radius 3 is 2.69 bits per heavy atom. The summed E-state index contributed by atoms with van der Waals surface area (Å²) < 4.78 is 0. The average Bonchev–Trinajstić information content (AvgIpc) is 2.10. The minimum absolute atomic E-state index is 0.00692. The summed E-state index contributed by atoms with van der Waals surface area (Å²) >= 11 is 5.71. The highest BCUT2D eigenvalue weighted by Crippen LogP contribution is 2.09. The van der Waals surface area contributed by atoms with E-state index >= 15 is 0 Å². The fourth-order valence-electron chi connectivity index (χ4n) is 0.907. The molecule has 0 heterocycles. The number of rotatable bonds is 8. The van der Waals surface area contributed by atoms with Crippen molar-refractivity contribution in [2.45, 2.75) is 38.0 Å². The van der Waals surface area contributed by atoms with Crippen LogP contribution in [0, 0.1) is 4.91 Å². The van der Waals surface area contributed by atoms with E-state index in [1.54, 1.807) is 0 Å². The molecule has 13 heavy (non-hydrogen) atoms. The van der Waals surface area contributed by atoms with Gasteiger partial charge in [0, 0.05) is 0 Å². The lowest BCUT2D eigenvalue weighted by Crippen LogP contribution is -2.09. The third kappa shape index (κ3) is 7.71. The van der Waals surface area contributed by atoms with E-state index in [0.717, 1.165) is 19.3 Å². The summed E-state index contributed by atoms with van der Waals surface area (Å²) in [6, 6.07) is 0. The van der Waals surface area contributed by atoms with Crippen molar-refractivity contribution in [3.8, 4) is 0 Å². The molecule has 0 bridgehead atoms. The SMILES string of the molecule is CC(=O)C(Cl)CCCCCON=O. The van der Waals surface area contributed by atoms with Gasteiger partial charge in [0.1, 0.15) is 12.4 Å². The fraction of sp³-hybridized carbons (Fsp3) is 0.875. The average molecular weight is 208 g/mol. The van der Waals surface area contributed by atoms with Crippen LogP contribution in [0.4, 0.5) is 0 Å². The van der Waals surface area contributed by atoms with Gasteiger partial charge in [-0.25, -0.2) is 0 Å². The molecule has 0 rings (SSSR count).